The summed E-state index contributed by atoms with van der Waals surface area (Å²) >= 11 is 0. The first-order chi connectivity index (χ1) is 12.0. The first-order valence-electron chi connectivity index (χ1n) is 7.67. The number of ether oxygens (including phenoxy) is 1. The van der Waals surface area contributed by atoms with Gasteiger partial charge in [0.15, 0.2) is 22.8 Å². The molecule has 1 amide bonds. The van der Waals surface area contributed by atoms with Gasteiger partial charge in [-0.1, -0.05) is 18.2 Å². The highest BCUT2D eigenvalue weighted by molar-refractivity contribution is 5.93. The number of amides is 1. The van der Waals surface area contributed by atoms with Gasteiger partial charge in [-0.2, -0.15) is 0 Å². The first kappa shape index (κ1) is 16.7. The summed E-state index contributed by atoms with van der Waals surface area (Å²) in [6.07, 6.45) is 0. The van der Waals surface area contributed by atoms with Gasteiger partial charge < -0.3 is 14.5 Å². The van der Waals surface area contributed by atoms with Crippen molar-refractivity contribution in [1.82, 2.24) is 5.32 Å². The summed E-state index contributed by atoms with van der Waals surface area (Å²) in [5.74, 6) is -1.03. The van der Waals surface area contributed by atoms with Gasteiger partial charge in [0.1, 0.15) is 5.58 Å². The molecule has 5 nitrogen and oxygen atoms in total. The Kier molecular flexibility index (Phi) is 4.52. The van der Waals surface area contributed by atoms with Gasteiger partial charge >= 0.3 is 0 Å². The second-order valence-electron chi connectivity index (χ2n) is 5.56. The van der Waals surface area contributed by atoms with Crippen molar-refractivity contribution in [3.05, 3.63) is 75.9 Å². The number of fused-ring (bicyclic) bond motifs is 1. The summed E-state index contributed by atoms with van der Waals surface area (Å²) in [6, 6.07) is 11.8. The van der Waals surface area contributed by atoms with Crippen molar-refractivity contribution in [3.8, 4) is 5.75 Å². The quantitative estimate of drug-likeness (QED) is 0.789. The van der Waals surface area contributed by atoms with E-state index >= 15 is 0 Å². The Balaban J connectivity index is 1.84. The van der Waals surface area contributed by atoms with Crippen LogP contribution in [0.25, 0.3) is 11.0 Å². The second-order valence-corrected chi connectivity index (χ2v) is 5.56. The predicted octanol–water partition coefficient (Wildman–Crippen LogP) is 3.43. The lowest BCUT2D eigenvalue weighted by Gasteiger charge is -2.15. The summed E-state index contributed by atoms with van der Waals surface area (Å²) < 4.78 is 24.2. The van der Waals surface area contributed by atoms with E-state index in [0.29, 0.717) is 16.5 Å². The Bertz CT molecular complexity index is 996. The summed E-state index contributed by atoms with van der Waals surface area (Å²) in [7, 11) is 1.38. The summed E-state index contributed by atoms with van der Waals surface area (Å²) in [5.41, 5.74) is 0.605. The third-order valence-electron chi connectivity index (χ3n) is 3.88. The number of hydrogen-bond acceptors (Lipinski definition) is 4. The molecule has 1 aromatic heterocycles. The van der Waals surface area contributed by atoms with Gasteiger partial charge in [-0.05, 0) is 36.8 Å². The minimum atomic E-state index is -0.549. The predicted molar refractivity (Wildman–Crippen MR) is 91.3 cm³/mol. The van der Waals surface area contributed by atoms with Gasteiger partial charge in [0, 0.05) is 6.07 Å². The molecule has 0 bridgehead atoms. The minimum Gasteiger partial charge on any atom is -0.494 e. The highest BCUT2D eigenvalue weighted by Gasteiger charge is 2.16. The fraction of sp³-hybridized carbons (Fsp3) is 0.158. The van der Waals surface area contributed by atoms with E-state index in [1.54, 1.807) is 37.3 Å². The second kappa shape index (κ2) is 6.76. The van der Waals surface area contributed by atoms with E-state index in [1.807, 2.05) is 0 Å². The number of para-hydroxylation sites is 1. The molecule has 0 fully saturated rings. The van der Waals surface area contributed by atoms with Crippen LogP contribution in [0.2, 0.25) is 0 Å². The van der Waals surface area contributed by atoms with Gasteiger partial charge in [-0.25, -0.2) is 4.39 Å². The fourth-order valence-corrected chi connectivity index (χ4v) is 2.52. The highest BCUT2D eigenvalue weighted by atomic mass is 19.1. The van der Waals surface area contributed by atoms with Gasteiger partial charge in [0.2, 0.25) is 0 Å². The molecule has 0 aliphatic carbocycles. The van der Waals surface area contributed by atoms with E-state index in [-0.39, 0.29) is 16.9 Å². The van der Waals surface area contributed by atoms with Gasteiger partial charge in [-0.15, -0.1) is 0 Å². The van der Waals surface area contributed by atoms with Crippen molar-refractivity contribution >= 4 is 16.9 Å². The zero-order valence-electron chi connectivity index (χ0n) is 13.7. The highest BCUT2D eigenvalue weighted by Crippen LogP contribution is 2.22. The Morgan fingerprint density at radius 1 is 1.20 bits per heavy atom. The number of nitrogens with one attached hydrogen (secondary N) is 1. The van der Waals surface area contributed by atoms with Crippen molar-refractivity contribution in [2.24, 2.45) is 0 Å². The molecule has 0 spiro atoms. The van der Waals surface area contributed by atoms with Gasteiger partial charge in [0.05, 0.1) is 18.5 Å². The molecule has 0 radical (unpaired) electrons. The molecular formula is C19H16FNO4. The molecule has 128 valence electrons. The molecule has 6 heteroatoms. The molecule has 2 aromatic carbocycles. The Morgan fingerprint density at radius 3 is 2.68 bits per heavy atom. The van der Waals surface area contributed by atoms with Crippen LogP contribution in [0.5, 0.6) is 5.75 Å². The SMILES string of the molecule is COc1ccc([C@@H](C)NC(=O)c2cc(=O)c3ccccc3o2)cc1F. The number of hydrogen-bond donors (Lipinski definition) is 1. The van der Waals surface area contributed by atoms with Gasteiger partial charge in [-0.3, -0.25) is 9.59 Å². The van der Waals surface area contributed by atoms with Crippen molar-refractivity contribution in [2.45, 2.75) is 13.0 Å². The van der Waals surface area contributed by atoms with Crippen LogP contribution >= 0.6 is 0 Å². The van der Waals surface area contributed by atoms with Crippen LogP contribution in [-0.2, 0) is 0 Å². The molecule has 1 heterocycles. The Labute approximate surface area is 143 Å². The van der Waals surface area contributed by atoms with E-state index in [4.69, 9.17) is 9.15 Å². The average Bonchev–Trinajstić information content (AvgIpc) is 2.61. The molecule has 3 aromatic rings. The van der Waals surface area contributed by atoms with Crippen molar-refractivity contribution in [3.63, 3.8) is 0 Å². The lowest BCUT2D eigenvalue weighted by atomic mass is 10.1. The average molecular weight is 341 g/mol. The largest absolute Gasteiger partial charge is 0.494 e. The van der Waals surface area contributed by atoms with Crippen molar-refractivity contribution in [2.75, 3.05) is 7.11 Å². The van der Waals surface area contributed by atoms with E-state index < -0.39 is 17.8 Å². The molecular weight excluding hydrogens is 325 g/mol. The van der Waals surface area contributed by atoms with Crippen LogP contribution < -0.4 is 15.5 Å². The van der Waals surface area contributed by atoms with Crippen molar-refractivity contribution in [1.29, 1.82) is 0 Å². The topological polar surface area (TPSA) is 68.5 Å². The summed E-state index contributed by atoms with van der Waals surface area (Å²) in [4.78, 5) is 24.4. The Hall–Kier alpha value is -3.15. The zero-order chi connectivity index (χ0) is 18.0. The maximum absolute atomic E-state index is 13.8. The molecule has 0 unspecified atom stereocenters. The molecule has 0 aliphatic rings. The summed E-state index contributed by atoms with van der Waals surface area (Å²) in [6.45, 7) is 1.71. The monoisotopic (exact) mass is 341 g/mol. The van der Waals surface area contributed by atoms with Crippen LogP contribution in [-0.4, -0.2) is 13.0 Å². The lowest BCUT2D eigenvalue weighted by molar-refractivity contribution is 0.0912. The smallest absolute Gasteiger partial charge is 0.287 e. The summed E-state index contributed by atoms with van der Waals surface area (Å²) in [5, 5.41) is 3.10. The maximum Gasteiger partial charge on any atom is 0.287 e. The van der Waals surface area contributed by atoms with E-state index in [2.05, 4.69) is 5.32 Å². The van der Waals surface area contributed by atoms with E-state index in [1.165, 1.54) is 19.2 Å². The van der Waals surface area contributed by atoms with Crippen LogP contribution in [0.15, 0.2) is 57.7 Å². The number of methoxy groups -OCH3 is 1. The molecule has 1 atom stereocenters. The van der Waals surface area contributed by atoms with Crippen molar-refractivity contribution < 1.29 is 18.3 Å². The molecule has 0 aliphatic heterocycles. The fourth-order valence-electron chi connectivity index (χ4n) is 2.52. The van der Waals surface area contributed by atoms with E-state index in [9.17, 15) is 14.0 Å². The number of halogens is 1. The standard InChI is InChI=1S/C19H16FNO4/c1-11(12-7-8-17(24-2)14(20)9-12)21-19(23)18-10-15(22)13-5-3-4-6-16(13)25-18/h3-11H,1-2H3,(H,21,23)/t11-/m1/s1. The molecule has 3 rings (SSSR count). The van der Waals surface area contributed by atoms with Crippen LogP contribution in [0, 0.1) is 5.82 Å². The van der Waals surface area contributed by atoms with Crippen LogP contribution in [0.4, 0.5) is 4.39 Å². The van der Waals surface area contributed by atoms with Crippen LogP contribution in [0.1, 0.15) is 29.1 Å². The van der Waals surface area contributed by atoms with E-state index in [0.717, 1.165) is 6.07 Å². The first-order valence-corrected chi connectivity index (χ1v) is 7.67. The Morgan fingerprint density at radius 2 is 1.96 bits per heavy atom. The molecule has 0 saturated heterocycles. The normalized spacial score (nSPS) is 12.0. The zero-order valence-corrected chi connectivity index (χ0v) is 13.7. The third kappa shape index (κ3) is 3.38. The van der Waals surface area contributed by atoms with Crippen LogP contribution in [0.3, 0.4) is 0 Å². The molecule has 0 saturated carbocycles. The molecule has 1 N–H and O–H groups in total. The number of carbonyl (C=O) groups is 1. The third-order valence-corrected chi connectivity index (χ3v) is 3.88. The number of rotatable bonds is 4. The minimum absolute atomic E-state index is 0.0930. The van der Waals surface area contributed by atoms with Gasteiger partial charge in [0.25, 0.3) is 5.91 Å². The number of benzene rings is 2. The molecule has 25 heavy (non-hydrogen) atoms. The maximum atomic E-state index is 13.8. The number of carbonyl (C=O) groups excluding carboxylic acids is 1. The lowest BCUT2D eigenvalue weighted by Crippen LogP contribution is -2.27.